The van der Waals surface area contributed by atoms with E-state index in [0.29, 0.717) is 30.4 Å². The number of carboxylic acids is 1. The van der Waals surface area contributed by atoms with Crippen LogP contribution in [-0.4, -0.2) is 38.9 Å². The molecule has 0 radical (unpaired) electrons. The number of rotatable bonds is 5. The van der Waals surface area contributed by atoms with Gasteiger partial charge in [0.05, 0.1) is 11.9 Å². The van der Waals surface area contributed by atoms with Crippen molar-refractivity contribution in [2.24, 2.45) is 0 Å². The summed E-state index contributed by atoms with van der Waals surface area (Å²) in [7, 11) is 1.80. The minimum absolute atomic E-state index is 0.131. The van der Waals surface area contributed by atoms with Crippen molar-refractivity contribution in [3.63, 3.8) is 0 Å². The zero-order chi connectivity index (χ0) is 22.1. The Kier molecular flexibility index (Phi) is 5.79. The SMILES string of the molecule is Cc1csc(C(=O)O)c1Nc1nc(Nc2ccc3c(c2)CN(C)C(=O)CC3)ncc1Cl. The minimum Gasteiger partial charge on any atom is -0.477 e. The lowest BCUT2D eigenvalue weighted by molar-refractivity contribution is -0.130. The summed E-state index contributed by atoms with van der Waals surface area (Å²) >= 11 is 7.39. The Morgan fingerprint density at radius 2 is 2.06 bits per heavy atom. The lowest BCUT2D eigenvalue weighted by Crippen LogP contribution is -2.24. The van der Waals surface area contributed by atoms with Gasteiger partial charge in [0.1, 0.15) is 9.90 Å². The highest BCUT2D eigenvalue weighted by molar-refractivity contribution is 7.12. The van der Waals surface area contributed by atoms with Crippen LogP contribution in [0.2, 0.25) is 5.02 Å². The molecule has 160 valence electrons. The summed E-state index contributed by atoms with van der Waals surface area (Å²) < 4.78 is 0. The third-order valence-electron chi connectivity index (χ3n) is 5.06. The van der Waals surface area contributed by atoms with Crippen LogP contribution >= 0.6 is 22.9 Å². The quantitative estimate of drug-likeness (QED) is 0.514. The standard InChI is InChI=1S/C21H20ClN5O3S/c1-11-10-31-18(20(29)30)17(11)25-19-15(22)8-23-21(26-19)24-14-5-3-12-4-6-16(28)27(2)9-13(12)7-14/h3,5,7-8,10H,4,6,9H2,1-2H3,(H,29,30)(H2,23,24,25,26). The molecule has 3 aromatic rings. The van der Waals surface area contributed by atoms with Crippen molar-refractivity contribution in [3.05, 3.63) is 56.4 Å². The van der Waals surface area contributed by atoms with E-state index in [4.69, 9.17) is 11.6 Å². The van der Waals surface area contributed by atoms with Crippen LogP contribution in [0.15, 0.2) is 29.8 Å². The maximum absolute atomic E-state index is 12.0. The summed E-state index contributed by atoms with van der Waals surface area (Å²) in [5, 5.41) is 17.6. The number of halogens is 1. The van der Waals surface area contributed by atoms with Crippen LogP contribution in [0.5, 0.6) is 0 Å². The van der Waals surface area contributed by atoms with Crippen LogP contribution in [-0.2, 0) is 17.8 Å². The fourth-order valence-electron chi connectivity index (χ4n) is 3.39. The predicted molar refractivity (Wildman–Crippen MR) is 121 cm³/mol. The zero-order valence-corrected chi connectivity index (χ0v) is 18.5. The van der Waals surface area contributed by atoms with Crippen molar-refractivity contribution < 1.29 is 14.7 Å². The van der Waals surface area contributed by atoms with Gasteiger partial charge in [-0.2, -0.15) is 4.98 Å². The van der Waals surface area contributed by atoms with Gasteiger partial charge < -0.3 is 20.6 Å². The van der Waals surface area contributed by atoms with Crippen LogP contribution in [0.4, 0.5) is 23.1 Å². The number of aromatic carboxylic acids is 1. The Balaban J connectivity index is 1.59. The highest BCUT2D eigenvalue weighted by Crippen LogP contribution is 2.33. The highest BCUT2D eigenvalue weighted by atomic mass is 35.5. The molecule has 4 rings (SSSR count). The minimum atomic E-state index is -1.02. The summed E-state index contributed by atoms with van der Waals surface area (Å²) in [6.45, 7) is 2.37. The smallest absolute Gasteiger partial charge is 0.348 e. The number of hydrogen-bond donors (Lipinski definition) is 3. The Bertz CT molecular complexity index is 1180. The number of carboxylic acid groups (broad SMARTS) is 1. The van der Waals surface area contributed by atoms with Gasteiger partial charge in [-0.1, -0.05) is 17.7 Å². The van der Waals surface area contributed by atoms with Crippen molar-refractivity contribution in [1.82, 2.24) is 14.9 Å². The van der Waals surface area contributed by atoms with E-state index in [1.165, 1.54) is 6.20 Å². The molecule has 3 N–H and O–H groups in total. The van der Waals surface area contributed by atoms with E-state index in [-0.39, 0.29) is 15.8 Å². The number of thiophene rings is 1. The molecule has 10 heteroatoms. The van der Waals surface area contributed by atoms with Crippen LogP contribution in [0, 0.1) is 6.92 Å². The molecule has 1 aliphatic rings. The van der Waals surface area contributed by atoms with Crippen molar-refractivity contribution in [1.29, 1.82) is 0 Å². The van der Waals surface area contributed by atoms with Crippen molar-refractivity contribution in [2.45, 2.75) is 26.3 Å². The molecule has 0 saturated heterocycles. The predicted octanol–water partition coefficient (Wildman–Crippen LogP) is 4.59. The van der Waals surface area contributed by atoms with Gasteiger partial charge in [-0.15, -0.1) is 11.3 Å². The molecule has 0 bridgehead atoms. The Labute approximate surface area is 187 Å². The number of hydrogen-bond acceptors (Lipinski definition) is 7. The average molecular weight is 458 g/mol. The summed E-state index contributed by atoms with van der Waals surface area (Å²) in [4.78, 5) is 34.0. The number of amides is 1. The molecule has 0 saturated carbocycles. The maximum atomic E-state index is 12.0. The van der Waals surface area contributed by atoms with Crippen molar-refractivity contribution in [2.75, 3.05) is 17.7 Å². The van der Waals surface area contributed by atoms with E-state index < -0.39 is 5.97 Å². The maximum Gasteiger partial charge on any atom is 0.348 e. The molecule has 1 amide bonds. The Hall–Kier alpha value is -3.17. The van der Waals surface area contributed by atoms with E-state index in [0.717, 1.165) is 40.1 Å². The second kappa shape index (κ2) is 8.52. The molecule has 31 heavy (non-hydrogen) atoms. The van der Waals surface area contributed by atoms with Gasteiger partial charge in [0, 0.05) is 25.7 Å². The second-order valence-electron chi connectivity index (χ2n) is 7.30. The van der Waals surface area contributed by atoms with Gasteiger partial charge in [0.2, 0.25) is 11.9 Å². The van der Waals surface area contributed by atoms with Crippen LogP contribution in [0.3, 0.4) is 0 Å². The molecule has 0 aliphatic carbocycles. The van der Waals surface area contributed by atoms with Crippen molar-refractivity contribution in [3.8, 4) is 0 Å². The number of aromatic nitrogens is 2. The lowest BCUT2D eigenvalue weighted by atomic mass is 10.0. The topological polar surface area (TPSA) is 107 Å². The molecule has 3 heterocycles. The summed E-state index contributed by atoms with van der Waals surface area (Å²) in [6, 6.07) is 5.92. The van der Waals surface area contributed by atoms with Crippen molar-refractivity contribution >= 4 is 58.0 Å². The molecule has 0 atom stereocenters. The molecule has 1 aliphatic heterocycles. The Morgan fingerprint density at radius 3 is 2.84 bits per heavy atom. The molecule has 0 spiro atoms. The van der Waals surface area contributed by atoms with E-state index in [9.17, 15) is 14.7 Å². The van der Waals surface area contributed by atoms with Gasteiger partial charge >= 0.3 is 5.97 Å². The number of carbonyl (C=O) groups excluding carboxylic acids is 1. The van der Waals surface area contributed by atoms with E-state index >= 15 is 0 Å². The first-order valence-corrected chi connectivity index (χ1v) is 10.8. The zero-order valence-electron chi connectivity index (χ0n) is 16.9. The molecule has 8 nitrogen and oxygen atoms in total. The number of carbonyl (C=O) groups is 2. The van der Waals surface area contributed by atoms with Gasteiger partial charge in [-0.25, -0.2) is 9.78 Å². The summed E-state index contributed by atoms with van der Waals surface area (Å²) in [5.41, 5.74) is 4.26. The van der Waals surface area contributed by atoms with Crippen LogP contribution < -0.4 is 10.6 Å². The molecule has 0 unspecified atom stereocenters. The summed E-state index contributed by atoms with van der Waals surface area (Å²) in [6.07, 6.45) is 2.68. The van der Waals surface area contributed by atoms with E-state index in [1.54, 1.807) is 17.3 Å². The fourth-order valence-corrected chi connectivity index (χ4v) is 4.37. The normalized spacial score (nSPS) is 13.5. The molecule has 2 aromatic heterocycles. The monoisotopic (exact) mass is 457 g/mol. The molecule has 1 aromatic carbocycles. The first-order chi connectivity index (χ1) is 14.8. The van der Waals surface area contributed by atoms with Crippen LogP contribution in [0.25, 0.3) is 0 Å². The van der Waals surface area contributed by atoms with Gasteiger partial charge in [0.15, 0.2) is 5.82 Å². The third kappa shape index (κ3) is 4.47. The molecular formula is C21H20ClN5O3S. The fraction of sp³-hybridized carbons (Fsp3) is 0.238. The van der Waals surface area contributed by atoms with Crippen LogP contribution in [0.1, 0.15) is 32.8 Å². The number of nitrogens with zero attached hydrogens (tertiary/aromatic N) is 3. The largest absolute Gasteiger partial charge is 0.477 e. The lowest BCUT2D eigenvalue weighted by Gasteiger charge is -2.15. The number of anilines is 4. The van der Waals surface area contributed by atoms with Gasteiger partial charge in [-0.3, -0.25) is 4.79 Å². The average Bonchev–Trinajstić information content (AvgIpc) is 3.03. The van der Waals surface area contributed by atoms with Gasteiger partial charge in [0.25, 0.3) is 0 Å². The first kappa shape index (κ1) is 21.1. The number of aryl methyl sites for hydroxylation is 2. The summed E-state index contributed by atoms with van der Waals surface area (Å²) in [5.74, 6) is -0.262. The highest BCUT2D eigenvalue weighted by Gasteiger charge is 2.19. The first-order valence-electron chi connectivity index (χ1n) is 9.55. The molecule has 0 fully saturated rings. The molecular weight excluding hydrogens is 438 g/mol. The number of nitrogens with one attached hydrogen (secondary N) is 2. The van der Waals surface area contributed by atoms with Gasteiger partial charge in [-0.05, 0) is 47.5 Å². The third-order valence-corrected chi connectivity index (χ3v) is 6.42. The number of fused-ring (bicyclic) bond motifs is 1. The van der Waals surface area contributed by atoms with E-state index in [1.807, 2.05) is 25.1 Å². The second-order valence-corrected chi connectivity index (χ2v) is 8.59. The number of benzene rings is 1. The Morgan fingerprint density at radius 1 is 1.26 bits per heavy atom. The van der Waals surface area contributed by atoms with E-state index in [2.05, 4.69) is 20.6 Å².